The molecular weight excluding hydrogens is 158 g/mol. The molecule has 2 heteroatoms. The summed E-state index contributed by atoms with van der Waals surface area (Å²) in [5.41, 5.74) is 0.794. The molecule has 0 aliphatic heterocycles. The Hall–Kier alpha value is -0.920. The van der Waals surface area contributed by atoms with E-state index in [1.807, 2.05) is 26.0 Å². The Morgan fingerprint density at radius 3 is 1.92 bits per heavy atom. The topological polar surface area (TPSA) is 0 Å². The lowest BCUT2D eigenvalue weighted by Crippen LogP contribution is -1.90. The lowest BCUT2D eigenvalue weighted by atomic mass is 10.0. The Balaban J connectivity index is 0.000000561. The second-order valence-corrected chi connectivity index (χ2v) is 2.68. The van der Waals surface area contributed by atoms with Crippen LogP contribution in [0.4, 0.5) is 8.78 Å². The summed E-state index contributed by atoms with van der Waals surface area (Å²) in [5, 5.41) is 0. The first-order valence-electron chi connectivity index (χ1n) is 3.84. The van der Waals surface area contributed by atoms with Gasteiger partial charge in [0.2, 0.25) is 0 Å². The summed E-state index contributed by atoms with van der Waals surface area (Å²) < 4.78 is 22.3. The number of halogens is 2. The Morgan fingerprint density at radius 2 is 1.58 bits per heavy atom. The predicted molar refractivity (Wildman–Crippen MR) is 47.5 cm³/mol. The zero-order valence-corrected chi connectivity index (χ0v) is 7.64. The predicted octanol–water partition coefficient (Wildman–Crippen LogP) is 3.53. The van der Waals surface area contributed by atoms with E-state index >= 15 is 0 Å². The van der Waals surface area contributed by atoms with E-state index in [1.165, 1.54) is 6.07 Å². The van der Waals surface area contributed by atoms with Gasteiger partial charge in [0.05, 0.1) is 7.18 Å². The van der Waals surface area contributed by atoms with Crippen LogP contribution in [0.1, 0.15) is 25.3 Å². The van der Waals surface area contributed by atoms with Gasteiger partial charge in [-0.1, -0.05) is 32.0 Å². The lowest BCUT2D eigenvalue weighted by Gasteiger charge is -2.04. The van der Waals surface area contributed by atoms with Crippen LogP contribution in [0.25, 0.3) is 0 Å². The third kappa shape index (κ3) is 2.99. The van der Waals surface area contributed by atoms with Gasteiger partial charge in [0.1, 0.15) is 5.82 Å². The summed E-state index contributed by atoms with van der Waals surface area (Å²) in [5.74, 6) is 0.179. The molecular formula is C10H14F2. The van der Waals surface area contributed by atoms with Crippen molar-refractivity contribution in [3.8, 4) is 0 Å². The van der Waals surface area contributed by atoms with Gasteiger partial charge in [0.15, 0.2) is 0 Å². The van der Waals surface area contributed by atoms with Gasteiger partial charge in [-0.15, -0.1) is 0 Å². The average molecular weight is 172 g/mol. The summed E-state index contributed by atoms with van der Waals surface area (Å²) in [4.78, 5) is 0. The number of rotatable bonds is 1. The van der Waals surface area contributed by atoms with Crippen LogP contribution in [0, 0.1) is 5.82 Å². The molecule has 0 fully saturated rings. The van der Waals surface area contributed by atoms with Crippen molar-refractivity contribution >= 4 is 0 Å². The van der Waals surface area contributed by atoms with Crippen LogP contribution in [-0.4, -0.2) is 7.18 Å². The van der Waals surface area contributed by atoms with Crippen LogP contribution in [0.5, 0.6) is 0 Å². The lowest BCUT2D eigenvalue weighted by molar-refractivity contribution is 0.598. The highest BCUT2D eigenvalue weighted by atomic mass is 19.1. The van der Waals surface area contributed by atoms with Crippen molar-refractivity contribution in [3.05, 3.63) is 35.6 Å². The Bertz CT molecular complexity index is 219. The first-order valence-corrected chi connectivity index (χ1v) is 3.84. The molecule has 12 heavy (non-hydrogen) atoms. The molecule has 0 nitrogen and oxygen atoms in total. The first kappa shape index (κ1) is 11.1. The largest absolute Gasteiger partial charge is 0.255 e. The van der Waals surface area contributed by atoms with Gasteiger partial charge in [-0.05, 0) is 17.5 Å². The maximum Gasteiger partial charge on any atom is 0.126 e. The molecule has 0 amide bonds. The maximum absolute atomic E-state index is 12.8. The van der Waals surface area contributed by atoms with Gasteiger partial charge >= 0.3 is 0 Å². The molecule has 1 aromatic rings. The molecule has 0 bridgehead atoms. The third-order valence-corrected chi connectivity index (χ3v) is 1.53. The molecule has 0 unspecified atom stereocenters. The van der Waals surface area contributed by atoms with E-state index in [0.717, 1.165) is 5.56 Å². The number of benzene rings is 1. The Kier molecular flexibility index (Phi) is 5.26. The first-order chi connectivity index (χ1) is 5.72. The molecule has 0 saturated heterocycles. The molecule has 0 radical (unpaired) electrons. The molecule has 1 rings (SSSR count). The standard InChI is InChI=1S/C9H11F.CH3F/c1-7(2)8-5-3-4-6-9(8)10;1-2/h3-7H,1-2H3;1H3. The van der Waals surface area contributed by atoms with Gasteiger partial charge in [0, 0.05) is 0 Å². The van der Waals surface area contributed by atoms with Gasteiger partial charge < -0.3 is 0 Å². The zero-order chi connectivity index (χ0) is 9.56. The molecule has 0 spiro atoms. The second kappa shape index (κ2) is 5.70. The van der Waals surface area contributed by atoms with E-state index in [2.05, 4.69) is 0 Å². The number of hydrogen-bond acceptors (Lipinski definition) is 0. The zero-order valence-electron chi connectivity index (χ0n) is 7.64. The number of alkyl halides is 1. The van der Waals surface area contributed by atoms with E-state index in [0.29, 0.717) is 7.18 Å². The van der Waals surface area contributed by atoms with Crippen LogP contribution in [0.15, 0.2) is 24.3 Å². The molecule has 0 atom stereocenters. The Morgan fingerprint density at radius 1 is 1.08 bits per heavy atom. The molecule has 0 aromatic heterocycles. The van der Waals surface area contributed by atoms with Crippen LogP contribution >= 0.6 is 0 Å². The van der Waals surface area contributed by atoms with E-state index in [-0.39, 0.29) is 11.7 Å². The maximum atomic E-state index is 12.8. The van der Waals surface area contributed by atoms with Crippen molar-refractivity contribution in [2.45, 2.75) is 19.8 Å². The highest BCUT2D eigenvalue weighted by molar-refractivity contribution is 5.20. The minimum Gasteiger partial charge on any atom is -0.255 e. The number of hydrogen-bond donors (Lipinski definition) is 0. The SMILES string of the molecule is CC(C)c1ccccc1F.CF. The monoisotopic (exact) mass is 172 g/mol. The molecule has 0 saturated carbocycles. The second-order valence-electron chi connectivity index (χ2n) is 2.68. The third-order valence-electron chi connectivity index (χ3n) is 1.53. The highest BCUT2D eigenvalue weighted by Gasteiger charge is 2.02. The molecule has 0 N–H and O–H groups in total. The minimum atomic E-state index is -0.0995. The fourth-order valence-corrected chi connectivity index (χ4v) is 0.943. The summed E-state index contributed by atoms with van der Waals surface area (Å²) in [6.07, 6.45) is 0. The smallest absolute Gasteiger partial charge is 0.126 e. The van der Waals surface area contributed by atoms with Gasteiger partial charge in [-0.2, -0.15) is 0 Å². The van der Waals surface area contributed by atoms with Crippen molar-refractivity contribution in [1.29, 1.82) is 0 Å². The van der Waals surface area contributed by atoms with Crippen molar-refractivity contribution < 1.29 is 8.78 Å². The Labute approximate surface area is 72.2 Å². The normalized spacial score (nSPS) is 9.17. The van der Waals surface area contributed by atoms with Crippen LogP contribution in [0.3, 0.4) is 0 Å². The van der Waals surface area contributed by atoms with Crippen molar-refractivity contribution in [1.82, 2.24) is 0 Å². The minimum absolute atomic E-state index is 0.0995. The molecule has 0 aliphatic rings. The van der Waals surface area contributed by atoms with Crippen molar-refractivity contribution in [2.75, 3.05) is 7.18 Å². The van der Waals surface area contributed by atoms with E-state index in [1.54, 1.807) is 6.07 Å². The average Bonchev–Trinajstić information content (AvgIpc) is 2.08. The van der Waals surface area contributed by atoms with Gasteiger partial charge in [-0.25, -0.2) is 4.39 Å². The van der Waals surface area contributed by atoms with Gasteiger partial charge in [0.25, 0.3) is 0 Å². The molecule has 1 aromatic carbocycles. The molecule has 0 aliphatic carbocycles. The van der Waals surface area contributed by atoms with Crippen LogP contribution < -0.4 is 0 Å². The summed E-state index contributed by atoms with van der Waals surface area (Å²) in [7, 11) is 0.500. The van der Waals surface area contributed by atoms with Crippen LogP contribution in [0.2, 0.25) is 0 Å². The molecule has 0 heterocycles. The molecule has 68 valence electrons. The fourth-order valence-electron chi connectivity index (χ4n) is 0.943. The van der Waals surface area contributed by atoms with Crippen molar-refractivity contribution in [3.63, 3.8) is 0 Å². The summed E-state index contributed by atoms with van der Waals surface area (Å²) in [6, 6.07) is 6.88. The van der Waals surface area contributed by atoms with Crippen LogP contribution in [-0.2, 0) is 0 Å². The van der Waals surface area contributed by atoms with E-state index in [4.69, 9.17) is 0 Å². The fraction of sp³-hybridized carbons (Fsp3) is 0.400. The highest BCUT2D eigenvalue weighted by Crippen LogP contribution is 2.16. The van der Waals surface area contributed by atoms with E-state index in [9.17, 15) is 8.78 Å². The quantitative estimate of drug-likeness (QED) is 0.607. The summed E-state index contributed by atoms with van der Waals surface area (Å²) in [6.45, 7) is 3.97. The van der Waals surface area contributed by atoms with E-state index < -0.39 is 0 Å². The summed E-state index contributed by atoms with van der Waals surface area (Å²) >= 11 is 0. The van der Waals surface area contributed by atoms with Crippen molar-refractivity contribution in [2.24, 2.45) is 0 Å². The van der Waals surface area contributed by atoms with Gasteiger partial charge in [-0.3, -0.25) is 4.39 Å².